The first kappa shape index (κ1) is 18.1. The van der Waals surface area contributed by atoms with E-state index < -0.39 is 0 Å². The summed E-state index contributed by atoms with van der Waals surface area (Å²) >= 11 is 1.76. The smallest absolute Gasteiger partial charge is 0.274 e. The highest BCUT2D eigenvalue weighted by Crippen LogP contribution is 2.41. The van der Waals surface area contributed by atoms with Crippen LogP contribution in [0.2, 0.25) is 0 Å². The first-order chi connectivity index (χ1) is 14.2. The quantitative estimate of drug-likeness (QED) is 0.517. The molecular weight excluding hydrogens is 378 g/mol. The summed E-state index contributed by atoms with van der Waals surface area (Å²) < 4.78 is 0. The van der Waals surface area contributed by atoms with Gasteiger partial charge < -0.3 is 4.90 Å². The Hall–Kier alpha value is -2.99. The lowest BCUT2D eigenvalue weighted by atomic mass is 10.0. The maximum absolute atomic E-state index is 4.74. The third-order valence-electron chi connectivity index (χ3n) is 5.60. The van der Waals surface area contributed by atoms with E-state index >= 15 is 0 Å². The van der Waals surface area contributed by atoms with Crippen molar-refractivity contribution >= 4 is 33.2 Å². The number of aryl methyl sites for hydroxylation is 2. The molecule has 5 nitrogen and oxygen atoms in total. The number of hydrogen-bond donors (Lipinski definition) is 0. The monoisotopic (exact) mass is 402 g/mol. The second-order valence-electron chi connectivity index (χ2n) is 7.50. The molecule has 6 heteroatoms. The van der Waals surface area contributed by atoms with Gasteiger partial charge in [-0.05, 0) is 25.5 Å². The number of benzene rings is 1. The summed E-state index contributed by atoms with van der Waals surface area (Å²) in [6.07, 6.45) is 3.70. The molecule has 0 radical (unpaired) electrons. The van der Waals surface area contributed by atoms with Crippen LogP contribution in [0.4, 0.5) is 11.6 Å². The number of fused-ring (bicyclic) bond motifs is 1. The molecule has 0 spiro atoms. The molecule has 5 rings (SSSR count). The third kappa shape index (κ3) is 3.34. The Morgan fingerprint density at radius 2 is 1.66 bits per heavy atom. The lowest BCUT2D eigenvalue weighted by Crippen LogP contribution is -2.48. The predicted molar refractivity (Wildman–Crippen MR) is 120 cm³/mol. The van der Waals surface area contributed by atoms with Crippen molar-refractivity contribution in [2.45, 2.75) is 13.8 Å². The zero-order valence-electron chi connectivity index (χ0n) is 16.7. The Bertz CT molecular complexity index is 1130. The number of nitrogens with one attached hydrogen (secondary N) is 1. The lowest BCUT2D eigenvalue weighted by Gasteiger charge is -2.32. The molecule has 4 aromatic rings. The normalized spacial score (nSPS) is 14.6. The largest absolute Gasteiger partial charge is 0.348 e. The molecule has 0 amide bonds. The van der Waals surface area contributed by atoms with Crippen molar-refractivity contribution in [3.8, 4) is 11.1 Å². The van der Waals surface area contributed by atoms with Crippen LogP contribution in [0.15, 0.2) is 55.0 Å². The zero-order chi connectivity index (χ0) is 19.8. The Labute approximate surface area is 174 Å². The molecule has 0 saturated carbocycles. The van der Waals surface area contributed by atoms with Crippen molar-refractivity contribution in [1.82, 2.24) is 9.97 Å². The van der Waals surface area contributed by atoms with Gasteiger partial charge in [-0.3, -0.25) is 4.90 Å². The van der Waals surface area contributed by atoms with Crippen LogP contribution in [0.1, 0.15) is 10.4 Å². The van der Waals surface area contributed by atoms with E-state index in [1.54, 1.807) is 17.7 Å². The van der Waals surface area contributed by atoms with Gasteiger partial charge >= 0.3 is 0 Å². The first-order valence-corrected chi connectivity index (χ1v) is 10.8. The van der Waals surface area contributed by atoms with Crippen LogP contribution in [0.25, 0.3) is 21.3 Å². The minimum Gasteiger partial charge on any atom is -0.348 e. The van der Waals surface area contributed by atoms with Crippen LogP contribution in [0.3, 0.4) is 0 Å². The highest BCUT2D eigenvalue weighted by atomic mass is 32.1. The molecule has 1 aromatic carbocycles. The van der Waals surface area contributed by atoms with Crippen molar-refractivity contribution in [2.75, 3.05) is 36.0 Å². The van der Waals surface area contributed by atoms with Crippen molar-refractivity contribution in [3.63, 3.8) is 0 Å². The molecule has 3 aromatic heterocycles. The molecule has 1 fully saturated rings. The second-order valence-corrected chi connectivity index (χ2v) is 8.70. The summed E-state index contributed by atoms with van der Waals surface area (Å²) in [7, 11) is 0. The molecular formula is C23H24N5S+. The molecule has 4 heterocycles. The van der Waals surface area contributed by atoms with Crippen LogP contribution in [0, 0.1) is 13.8 Å². The van der Waals surface area contributed by atoms with Gasteiger partial charge in [0.25, 0.3) is 5.82 Å². The number of piperazine rings is 1. The van der Waals surface area contributed by atoms with E-state index in [9.17, 15) is 0 Å². The average Bonchev–Trinajstić information content (AvgIpc) is 3.11. The molecule has 0 bridgehead atoms. The maximum atomic E-state index is 4.74. The van der Waals surface area contributed by atoms with Crippen molar-refractivity contribution in [1.29, 1.82) is 0 Å². The minimum absolute atomic E-state index is 0.942. The predicted octanol–water partition coefficient (Wildman–Crippen LogP) is 4.12. The Balaban J connectivity index is 1.50. The number of pyridine rings is 1. The van der Waals surface area contributed by atoms with Gasteiger partial charge in [0.1, 0.15) is 30.1 Å². The molecule has 146 valence electrons. The number of rotatable bonds is 3. The van der Waals surface area contributed by atoms with Crippen LogP contribution < -0.4 is 14.8 Å². The van der Waals surface area contributed by atoms with Gasteiger partial charge in [0, 0.05) is 16.5 Å². The number of anilines is 2. The van der Waals surface area contributed by atoms with E-state index in [0.717, 1.165) is 36.8 Å². The average molecular weight is 403 g/mol. The van der Waals surface area contributed by atoms with Gasteiger partial charge in [0.05, 0.1) is 24.7 Å². The molecule has 0 aliphatic carbocycles. The van der Waals surface area contributed by atoms with E-state index in [1.807, 2.05) is 12.3 Å². The van der Waals surface area contributed by atoms with Gasteiger partial charge in [-0.1, -0.05) is 35.9 Å². The molecule has 0 atom stereocenters. The highest BCUT2D eigenvalue weighted by molar-refractivity contribution is 7.19. The zero-order valence-corrected chi connectivity index (χ0v) is 17.5. The summed E-state index contributed by atoms with van der Waals surface area (Å²) in [5.41, 5.74) is 3.79. The fraction of sp³-hybridized carbons (Fsp3) is 0.261. The van der Waals surface area contributed by atoms with Gasteiger partial charge in [0.15, 0.2) is 0 Å². The van der Waals surface area contributed by atoms with Gasteiger partial charge in [-0.25, -0.2) is 15.0 Å². The summed E-state index contributed by atoms with van der Waals surface area (Å²) in [6.45, 7) is 8.13. The molecule has 0 unspecified atom stereocenters. The SMILES string of the molecule is Cc1ccc(-c2c(C)sc3ncnc(N4CCN(c5cccc[nH+]5)CC4)c23)cc1. The molecule has 1 aliphatic heterocycles. The number of nitrogens with zero attached hydrogens (tertiary/aromatic N) is 4. The van der Waals surface area contributed by atoms with Gasteiger partial charge in [-0.15, -0.1) is 11.3 Å². The number of aromatic nitrogens is 3. The van der Waals surface area contributed by atoms with E-state index in [0.29, 0.717) is 0 Å². The van der Waals surface area contributed by atoms with Crippen LogP contribution in [-0.4, -0.2) is 36.1 Å². The van der Waals surface area contributed by atoms with Crippen LogP contribution in [0.5, 0.6) is 0 Å². The summed E-state index contributed by atoms with van der Waals surface area (Å²) in [5, 5.41) is 1.19. The standard InChI is InChI=1S/C23H23N5S/c1-16-6-8-18(9-7-16)20-17(2)29-23-21(20)22(25-15-26-23)28-13-11-27(12-14-28)19-5-3-4-10-24-19/h3-10,15H,11-14H2,1-2H3/p+1. The Morgan fingerprint density at radius 3 is 2.38 bits per heavy atom. The van der Waals surface area contributed by atoms with Gasteiger partial charge in [-0.2, -0.15) is 0 Å². The first-order valence-electron chi connectivity index (χ1n) is 9.98. The minimum atomic E-state index is 0.942. The van der Waals surface area contributed by atoms with Crippen molar-refractivity contribution < 1.29 is 4.98 Å². The Kier molecular flexibility index (Phi) is 4.64. The topological polar surface area (TPSA) is 46.4 Å². The van der Waals surface area contributed by atoms with E-state index in [1.165, 1.54) is 32.8 Å². The van der Waals surface area contributed by atoms with Crippen LogP contribution >= 0.6 is 11.3 Å². The van der Waals surface area contributed by atoms with Crippen molar-refractivity contribution in [2.24, 2.45) is 0 Å². The maximum Gasteiger partial charge on any atom is 0.274 e. The summed E-state index contributed by atoms with van der Waals surface area (Å²) in [4.78, 5) is 19.8. The van der Waals surface area contributed by atoms with E-state index in [4.69, 9.17) is 4.98 Å². The molecule has 1 saturated heterocycles. The fourth-order valence-electron chi connectivity index (χ4n) is 4.08. The molecule has 1 N–H and O–H groups in total. The van der Waals surface area contributed by atoms with Gasteiger partial charge in [0.2, 0.25) is 0 Å². The third-order valence-corrected chi connectivity index (χ3v) is 6.61. The number of H-pyrrole nitrogens is 1. The van der Waals surface area contributed by atoms with E-state index in [-0.39, 0.29) is 0 Å². The summed E-state index contributed by atoms with van der Waals surface area (Å²) in [6, 6.07) is 15.0. The fourth-order valence-corrected chi connectivity index (χ4v) is 5.08. The highest BCUT2D eigenvalue weighted by Gasteiger charge is 2.27. The second kappa shape index (κ2) is 7.44. The lowest BCUT2D eigenvalue weighted by molar-refractivity contribution is -0.364. The van der Waals surface area contributed by atoms with Crippen LogP contribution in [-0.2, 0) is 0 Å². The van der Waals surface area contributed by atoms with Crippen molar-refractivity contribution in [3.05, 3.63) is 65.4 Å². The number of thiophene rings is 1. The molecule has 1 aliphatic rings. The molecule has 29 heavy (non-hydrogen) atoms. The van der Waals surface area contributed by atoms with E-state index in [2.05, 4.69) is 70.0 Å². The number of aromatic amines is 1. The number of hydrogen-bond acceptors (Lipinski definition) is 5. The Morgan fingerprint density at radius 1 is 0.897 bits per heavy atom. The summed E-state index contributed by atoms with van der Waals surface area (Å²) in [5.74, 6) is 2.23.